The summed E-state index contributed by atoms with van der Waals surface area (Å²) in [4.78, 5) is 41.0. The third-order valence-corrected chi connectivity index (χ3v) is 7.55. The number of nitrogens with one attached hydrogen (secondary N) is 2. The Hall–Kier alpha value is -3.73. The molecule has 0 atom stereocenters. The second-order valence-electron chi connectivity index (χ2n) is 9.48. The number of unbranched alkanes of at least 4 members (excludes halogenated alkanes) is 2. The lowest BCUT2D eigenvalue weighted by Crippen LogP contribution is -2.30. The van der Waals surface area contributed by atoms with Gasteiger partial charge in [0, 0.05) is 30.6 Å². The van der Waals surface area contributed by atoms with Crippen molar-refractivity contribution in [2.75, 3.05) is 25.1 Å². The molecule has 1 amide bonds. The third kappa shape index (κ3) is 10.4. The number of benzene rings is 2. The molecule has 0 aliphatic carbocycles. The molecular weight excluding hydrogens is 534 g/mol. The number of amidine groups is 1. The highest BCUT2D eigenvalue weighted by Crippen LogP contribution is 2.17. The second kappa shape index (κ2) is 15.8. The van der Waals surface area contributed by atoms with Gasteiger partial charge in [-0.2, -0.15) is 0 Å². The number of amides is 1. The van der Waals surface area contributed by atoms with E-state index in [-0.39, 0.29) is 29.2 Å². The molecule has 2 aromatic carbocycles. The second-order valence-corrected chi connectivity index (χ2v) is 11.2. The van der Waals surface area contributed by atoms with Gasteiger partial charge in [0.2, 0.25) is 0 Å². The van der Waals surface area contributed by atoms with Gasteiger partial charge in [-0.3, -0.25) is 24.1 Å². The van der Waals surface area contributed by atoms with Crippen LogP contribution in [0.5, 0.6) is 5.75 Å². The van der Waals surface area contributed by atoms with Gasteiger partial charge in [-0.05, 0) is 61.7 Å². The maximum absolute atomic E-state index is 12.8. The molecule has 0 fully saturated rings. The van der Waals surface area contributed by atoms with Crippen molar-refractivity contribution in [2.24, 2.45) is 4.99 Å². The van der Waals surface area contributed by atoms with E-state index < -0.39 is 28.5 Å². The minimum absolute atomic E-state index is 0.0242. The number of nitrogens with zero attached hydrogens (tertiary/aromatic N) is 1. The SMILES string of the molecule is CCCCCOc1ccc(C(=O)CCC(=O)OCC(=O)Nc2cccc(S(=O)(=O)NC3=NCCCCC3)c2)cc1. The standard InChI is InChI=1S/C29H37N3O7S/c1-2-3-7-19-38-24-14-12-22(13-15-24)26(33)16-17-29(35)39-21-28(34)31-23-9-8-10-25(20-23)40(36,37)32-27-11-5-4-6-18-30-27/h8-10,12-15,20H,2-7,11,16-19,21H2,1H3,(H,30,32)(H,31,34). The first-order valence-corrected chi connectivity index (χ1v) is 15.1. The smallest absolute Gasteiger partial charge is 0.306 e. The van der Waals surface area contributed by atoms with Crippen LogP contribution in [0.15, 0.2) is 58.4 Å². The number of carbonyl (C=O) groups excluding carboxylic acids is 3. The Bertz CT molecular complexity index is 1290. The Labute approximate surface area is 235 Å². The molecule has 0 aromatic heterocycles. The Balaban J connectivity index is 1.41. The molecule has 1 heterocycles. The van der Waals surface area contributed by atoms with Gasteiger partial charge in [-0.15, -0.1) is 0 Å². The number of carbonyl (C=O) groups is 3. The van der Waals surface area contributed by atoms with Crippen molar-refractivity contribution in [1.82, 2.24) is 4.72 Å². The van der Waals surface area contributed by atoms with E-state index >= 15 is 0 Å². The molecule has 3 rings (SSSR count). The molecule has 0 bridgehead atoms. The number of Topliss-reactive ketones (excluding diaryl/α,β-unsaturated/α-hetero) is 1. The summed E-state index contributed by atoms with van der Waals surface area (Å²) >= 11 is 0. The van der Waals surface area contributed by atoms with Crippen LogP contribution >= 0.6 is 0 Å². The minimum Gasteiger partial charge on any atom is -0.494 e. The molecule has 0 unspecified atom stereocenters. The van der Waals surface area contributed by atoms with Gasteiger partial charge >= 0.3 is 5.97 Å². The topological polar surface area (TPSA) is 140 Å². The molecule has 216 valence electrons. The van der Waals surface area contributed by atoms with Crippen LogP contribution in [0.3, 0.4) is 0 Å². The molecule has 0 radical (unpaired) electrons. The van der Waals surface area contributed by atoms with Gasteiger partial charge in [0.1, 0.15) is 11.6 Å². The molecule has 0 saturated heterocycles. The van der Waals surface area contributed by atoms with E-state index in [4.69, 9.17) is 9.47 Å². The molecule has 10 nitrogen and oxygen atoms in total. The first-order valence-electron chi connectivity index (χ1n) is 13.6. The number of rotatable bonds is 14. The maximum Gasteiger partial charge on any atom is 0.306 e. The van der Waals surface area contributed by atoms with Crippen LogP contribution in [0.1, 0.15) is 75.1 Å². The predicted octanol–water partition coefficient (Wildman–Crippen LogP) is 4.65. The van der Waals surface area contributed by atoms with Gasteiger partial charge in [-0.1, -0.05) is 32.3 Å². The molecule has 0 saturated carbocycles. The minimum atomic E-state index is -3.86. The molecule has 1 aliphatic heterocycles. The number of anilines is 1. The Morgan fingerprint density at radius 3 is 2.55 bits per heavy atom. The highest BCUT2D eigenvalue weighted by Gasteiger charge is 2.18. The number of hydrogen-bond donors (Lipinski definition) is 2. The Kier molecular flexibility index (Phi) is 12.1. The summed E-state index contributed by atoms with van der Waals surface area (Å²) in [6.07, 6.45) is 6.30. The molecule has 2 N–H and O–H groups in total. The maximum atomic E-state index is 12.8. The van der Waals surface area contributed by atoms with E-state index in [1.807, 2.05) is 0 Å². The van der Waals surface area contributed by atoms with Crippen molar-refractivity contribution in [3.63, 3.8) is 0 Å². The fourth-order valence-electron chi connectivity index (χ4n) is 3.97. The zero-order chi connectivity index (χ0) is 28.8. The predicted molar refractivity (Wildman–Crippen MR) is 152 cm³/mol. The summed E-state index contributed by atoms with van der Waals surface area (Å²) in [6, 6.07) is 12.5. The first kappa shape index (κ1) is 30.8. The van der Waals surface area contributed by atoms with E-state index in [9.17, 15) is 22.8 Å². The highest BCUT2D eigenvalue weighted by molar-refractivity contribution is 7.90. The molecule has 40 heavy (non-hydrogen) atoms. The molecule has 2 aromatic rings. The molecular formula is C29H37N3O7S. The number of sulfonamides is 1. The van der Waals surface area contributed by atoms with Crippen molar-refractivity contribution in [1.29, 1.82) is 0 Å². The van der Waals surface area contributed by atoms with Crippen molar-refractivity contribution in [3.05, 3.63) is 54.1 Å². The lowest BCUT2D eigenvalue weighted by molar-refractivity contribution is -0.147. The van der Waals surface area contributed by atoms with Crippen molar-refractivity contribution >= 4 is 39.2 Å². The number of aliphatic imine (C=N–C) groups is 1. The normalized spacial score (nSPS) is 13.5. The van der Waals surface area contributed by atoms with Gasteiger partial charge < -0.3 is 14.8 Å². The van der Waals surface area contributed by atoms with E-state index in [0.29, 0.717) is 36.7 Å². The number of ether oxygens (including phenoxy) is 2. The lowest BCUT2D eigenvalue weighted by atomic mass is 10.1. The van der Waals surface area contributed by atoms with Crippen LogP contribution in [0.25, 0.3) is 0 Å². The fraction of sp³-hybridized carbons (Fsp3) is 0.448. The van der Waals surface area contributed by atoms with E-state index in [1.165, 1.54) is 24.3 Å². The van der Waals surface area contributed by atoms with Gasteiger partial charge in [0.15, 0.2) is 12.4 Å². The summed E-state index contributed by atoms with van der Waals surface area (Å²) < 4.78 is 38.7. The average Bonchev–Trinajstić information content (AvgIpc) is 3.21. The summed E-state index contributed by atoms with van der Waals surface area (Å²) in [5.41, 5.74) is 0.696. The van der Waals surface area contributed by atoms with Crippen molar-refractivity contribution in [2.45, 2.75) is 69.6 Å². The highest BCUT2D eigenvalue weighted by atomic mass is 32.2. The zero-order valence-corrected chi connectivity index (χ0v) is 23.6. The van der Waals surface area contributed by atoms with Crippen LogP contribution in [0.4, 0.5) is 5.69 Å². The third-order valence-electron chi connectivity index (χ3n) is 6.17. The van der Waals surface area contributed by atoms with Crippen molar-refractivity contribution in [3.8, 4) is 5.75 Å². The number of hydrogen-bond acceptors (Lipinski definition) is 8. The fourth-order valence-corrected chi connectivity index (χ4v) is 5.10. The summed E-state index contributed by atoms with van der Waals surface area (Å²) in [5, 5.41) is 2.52. The number of esters is 1. The van der Waals surface area contributed by atoms with Crippen LogP contribution < -0.4 is 14.8 Å². The summed E-state index contributed by atoms with van der Waals surface area (Å²) in [7, 11) is -3.86. The Morgan fingerprint density at radius 2 is 1.77 bits per heavy atom. The molecule has 11 heteroatoms. The van der Waals surface area contributed by atoms with E-state index in [2.05, 4.69) is 22.0 Å². The molecule has 1 aliphatic rings. The monoisotopic (exact) mass is 571 g/mol. The summed E-state index contributed by atoms with van der Waals surface area (Å²) in [5.74, 6) is -0.429. The van der Waals surface area contributed by atoms with E-state index in [1.54, 1.807) is 24.3 Å². The van der Waals surface area contributed by atoms with Gasteiger partial charge in [0.05, 0.1) is 17.9 Å². The first-order chi connectivity index (χ1) is 19.3. The average molecular weight is 572 g/mol. The van der Waals surface area contributed by atoms with Crippen LogP contribution in [-0.2, 0) is 24.3 Å². The Morgan fingerprint density at radius 1 is 0.975 bits per heavy atom. The van der Waals surface area contributed by atoms with Crippen LogP contribution in [-0.4, -0.2) is 51.7 Å². The van der Waals surface area contributed by atoms with Gasteiger partial charge in [-0.25, -0.2) is 8.42 Å². The largest absolute Gasteiger partial charge is 0.494 e. The van der Waals surface area contributed by atoms with Crippen LogP contribution in [0, 0.1) is 0 Å². The quantitative estimate of drug-likeness (QED) is 0.191. The van der Waals surface area contributed by atoms with Crippen LogP contribution in [0.2, 0.25) is 0 Å². The molecule has 0 spiro atoms. The van der Waals surface area contributed by atoms with E-state index in [0.717, 1.165) is 38.5 Å². The number of ketones is 1. The van der Waals surface area contributed by atoms with Gasteiger partial charge in [0.25, 0.3) is 15.9 Å². The van der Waals surface area contributed by atoms with Crippen molar-refractivity contribution < 1.29 is 32.3 Å². The summed E-state index contributed by atoms with van der Waals surface area (Å²) in [6.45, 7) is 2.76. The lowest BCUT2D eigenvalue weighted by Gasteiger charge is -2.11. The zero-order valence-electron chi connectivity index (χ0n) is 22.8.